The summed E-state index contributed by atoms with van der Waals surface area (Å²) in [5.41, 5.74) is 2.04. The van der Waals surface area contributed by atoms with Gasteiger partial charge in [-0.15, -0.1) is 0 Å². The quantitative estimate of drug-likeness (QED) is 0.814. The van der Waals surface area contributed by atoms with E-state index in [-0.39, 0.29) is 23.5 Å². The number of carbonyl (C=O) groups excluding carboxylic acids is 1. The van der Waals surface area contributed by atoms with E-state index in [1.54, 1.807) is 0 Å². The molecule has 2 heterocycles. The molecule has 138 valence electrons. The summed E-state index contributed by atoms with van der Waals surface area (Å²) in [6, 6.07) is 7.29. The van der Waals surface area contributed by atoms with Gasteiger partial charge >= 0.3 is 0 Å². The Morgan fingerprint density at radius 3 is 2.35 bits per heavy atom. The Labute approximate surface area is 152 Å². The molecule has 1 unspecified atom stereocenters. The van der Waals surface area contributed by atoms with E-state index in [1.165, 1.54) is 12.4 Å². The number of nitrogens with one attached hydrogen (secondary N) is 2. The number of anilines is 3. The summed E-state index contributed by atoms with van der Waals surface area (Å²) in [6.07, 6.45) is 3.38. The fraction of sp³-hybridized carbons (Fsp3) is 0.353. The molecule has 2 aromatic rings. The van der Waals surface area contributed by atoms with E-state index < -0.39 is 9.84 Å². The van der Waals surface area contributed by atoms with E-state index in [0.717, 1.165) is 5.69 Å². The van der Waals surface area contributed by atoms with Crippen LogP contribution >= 0.6 is 0 Å². The van der Waals surface area contributed by atoms with Gasteiger partial charge in [-0.2, -0.15) is 0 Å². The first-order chi connectivity index (χ1) is 12.3. The van der Waals surface area contributed by atoms with Gasteiger partial charge in [0.25, 0.3) is 5.91 Å². The zero-order chi connectivity index (χ0) is 18.7. The first-order valence-electron chi connectivity index (χ1n) is 8.20. The fourth-order valence-corrected chi connectivity index (χ4v) is 4.33. The Bertz CT molecular complexity index is 880. The van der Waals surface area contributed by atoms with Gasteiger partial charge in [0, 0.05) is 43.9 Å². The highest BCUT2D eigenvalue weighted by molar-refractivity contribution is 7.91. The van der Waals surface area contributed by atoms with Crippen LogP contribution < -0.4 is 15.5 Å². The van der Waals surface area contributed by atoms with Gasteiger partial charge < -0.3 is 15.5 Å². The van der Waals surface area contributed by atoms with Crippen molar-refractivity contribution in [2.75, 3.05) is 41.1 Å². The summed E-state index contributed by atoms with van der Waals surface area (Å²) in [7, 11) is 0.926. The number of amides is 1. The molecule has 0 spiro atoms. The maximum Gasteiger partial charge on any atom is 0.258 e. The van der Waals surface area contributed by atoms with Crippen molar-refractivity contribution >= 4 is 33.1 Å². The minimum Gasteiger partial charge on any atom is -0.378 e. The summed E-state index contributed by atoms with van der Waals surface area (Å²) in [5.74, 6) is 0.274. The first-order valence-corrected chi connectivity index (χ1v) is 10.0. The molecule has 1 aliphatic rings. The lowest BCUT2D eigenvalue weighted by Crippen LogP contribution is -2.22. The van der Waals surface area contributed by atoms with Crippen molar-refractivity contribution < 1.29 is 13.2 Å². The molecule has 0 bridgehead atoms. The molecule has 0 saturated carbocycles. The van der Waals surface area contributed by atoms with Gasteiger partial charge in [-0.3, -0.25) is 4.79 Å². The minimum atomic E-state index is -2.97. The molecule has 0 radical (unpaired) electrons. The Morgan fingerprint density at radius 1 is 1.15 bits per heavy atom. The van der Waals surface area contributed by atoms with Crippen LogP contribution in [0.15, 0.2) is 36.7 Å². The Morgan fingerprint density at radius 2 is 1.81 bits per heavy atom. The lowest BCUT2D eigenvalue weighted by atomic mass is 10.2. The molecule has 1 amide bonds. The van der Waals surface area contributed by atoms with Gasteiger partial charge in [-0.25, -0.2) is 18.4 Å². The number of benzene rings is 1. The molecule has 1 aliphatic heterocycles. The van der Waals surface area contributed by atoms with Gasteiger partial charge in [0.05, 0.1) is 17.1 Å². The van der Waals surface area contributed by atoms with Crippen molar-refractivity contribution in [1.29, 1.82) is 0 Å². The van der Waals surface area contributed by atoms with Crippen molar-refractivity contribution in [2.45, 2.75) is 12.5 Å². The van der Waals surface area contributed by atoms with Crippen molar-refractivity contribution in [3.8, 4) is 0 Å². The highest BCUT2D eigenvalue weighted by atomic mass is 32.2. The van der Waals surface area contributed by atoms with E-state index in [4.69, 9.17) is 0 Å². The number of nitrogens with zero attached hydrogens (tertiary/aromatic N) is 3. The number of hydrogen-bond acceptors (Lipinski definition) is 7. The first kappa shape index (κ1) is 18.1. The van der Waals surface area contributed by atoms with Crippen LogP contribution in [-0.2, 0) is 9.84 Å². The molecular weight excluding hydrogens is 354 g/mol. The summed E-state index contributed by atoms with van der Waals surface area (Å²) in [6.45, 7) is 0. The van der Waals surface area contributed by atoms with Gasteiger partial charge in [0.1, 0.15) is 0 Å². The third-order valence-electron chi connectivity index (χ3n) is 4.12. The standard InChI is InChI=1S/C17H21N5O3S/c1-22(2)15-5-3-13(4-6-15)20-16(23)12-9-18-17(19-10-12)21-14-7-8-26(24,25)11-14/h3-6,9-10,14H,7-8,11H2,1-2H3,(H,20,23)(H,18,19,21). The Balaban J connectivity index is 1.60. The van der Waals surface area contributed by atoms with Gasteiger partial charge in [0.2, 0.25) is 5.95 Å². The lowest BCUT2D eigenvalue weighted by Gasteiger charge is -2.13. The zero-order valence-corrected chi connectivity index (χ0v) is 15.5. The Hall–Kier alpha value is -2.68. The fourth-order valence-electron chi connectivity index (χ4n) is 2.66. The van der Waals surface area contributed by atoms with E-state index >= 15 is 0 Å². The number of aromatic nitrogens is 2. The number of hydrogen-bond donors (Lipinski definition) is 2. The van der Waals surface area contributed by atoms with Crippen molar-refractivity contribution in [2.24, 2.45) is 0 Å². The van der Waals surface area contributed by atoms with Crippen LogP contribution in [0, 0.1) is 0 Å². The van der Waals surface area contributed by atoms with Crippen molar-refractivity contribution in [1.82, 2.24) is 9.97 Å². The van der Waals surface area contributed by atoms with Crippen LogP contribution in [-0.4, -0.2) is 55.9 Å². The predicted molar refractivity (Wildman–Crippen MR) is 101 cm³/mol. The topological polar surface area (TPSA) is 104 Å². The summed E-state index contributed by atoms with van der Waals surface area (Å²) < 4.78 is 22.9. The summed E-state index contributed by atoms with van der Waals surface area (Å²) >= 11 is 0. The molecule has 2 N–H and O–H groups in total. The maximum atomic E-state index is 12.3. The van der Waals surface area contributed by atoms with Crippen LogP contribution in [0.3, 0.4) is 0 Å². The predicted octanol–water partition coefficient (Wildman–Crippen LogP) is 1.39. The van der Waals surface area contributed by atoms with Crippen LogP contribution in [0.4, 0.5) is 17.3 Å². The highest BCUT2D eigenvalue weighted by Gasteiger charge is 2.28. The normalized spacial score (nSPS) is 18.3. The maximum absolute atomic E-state index is 12.3. The second-order valence-electron chi connectivity index (χ2n) is 6.44. The largest absolute Gasteiger partial charge is 0.378 e. The molecule has 0 aliphatic carbocycles. The zero-order valence-electron chi connectivity index (χ0n) is 14.6. The van der Waals surface area contributed by atoms with Gasteiger partial charge in [-0.05, 0) is 30.7 Å². The smallest absolute Gasteiger partial charge is 0.258 e. The highest BCUT2D eigenvalue weighted by Crippen LogP contribution is 2.17. The van der Waals surface area contributed by atoms with Crippen LogP contribution in [0.1, 0.15) is 16.8 Å². The number of rotatable bonds is 5. The average molecular weight is 375 g/mol. The van der Waals surface area contributed by atoms with Crippen LogP contribution in [0.2, 0.25) is 0 Å². The molecular formula is C17H21N5O3S. The molecule has 26 heavy (non-hydrogen) atoms. The van der Waals surface area contributed by atoms with Gasteiger partial charge in [-0.1, -0.05) is 0 Å². The molecule has 8 nitrogen and oxygen atoms in total. The van der Waals surface area contributed by atoms with Crippen LogP contribution in [0.25, 0.3) is 0 Å². The lowest BCUT2D eigenvalue weighted by molar-refractivity contribution is 0.102. The molecule has 3 rings (SSSR count). The SMILES string of the molecule is CN(C)c1ccc(NC(=O)c2cnc(NC3CCS(=O)(=O)C3)nc2)cc1. The van der Waals surface area contributed by atoms with Crippen molar-refractivity contribution in [3.63, 3.8) is 0 Å². The second-order valence-corrected chi connectivity index (χ2v) is 8.66. The average Bonchev–Trinajstić information content (AvgIpc) is 2.94. The monoisotopic (exact) mass is 375 g/mol. The minimum absolute atomic E-state index is 0.0849. The number of carbonyl (C=O) groups is 1. The Kier molecular flexibility index (Phi) is 5.08. The van der Waals surface area contributed by atoms with E-state index in [0.29, 0.717) is 23.6 Å². The van der Waals surface area contributed by atoms with Crippen LogP contribution in [0.5, 0.6) is 0 Å². The second kappa shape index (κ2) is 7.28. The third kappa shape index (κ3) is 4.48. The summed E-state index contributed by atoms with van der Waals surface area (Å²) in [4.78, 5) is 22.5. The third-order valence-corrected chi connectivity index (χ3v) is 5.89. The van der Waals surface area contributed by atoms with Gasteiger partial charge in [0.15, 0.2) is 9.84 Å². The van der Waals surface area contributed by atoms with Crippen molar-refractivity contribution in [3.05, 3.63) is 42.2 Å². The molecule has 1 fully saturated rings. The summed E-state index contributed by atoms with van der Waals surface area (Å²) in [5, 5.41) is 5.78. The van der Waals surface area contributed by atoms with E-state index in [2.05, 4.69) is 20.6 Å². The molecule has 1 saturated heterocycles. The van der Waals surface area contributed by atoms with E-state index in [9.17, 15) is 13.2 Å². The number of sulfone groups is 1. The molecule has 1 aromatic heterocycles. The molecule has 1 aromatic carbocycles. The van der Waals surface area contributed by atoms with E-state index in [1.807, 2.05) is 43.3 Å². The molecule has 9 heteroatoms. The molecule has 1 atom stereocenters.